The number of hydrogen-bond acceptors (Lipinski definition) is 2. The van der Waals surface area contributed by atoms with Gasteiger partial charge in [-0.3, -0.25) is 0 Å². The second kappa shape index (κ2) is 4.52. The fourth-order valence-corrected chi connectivity index (χ4v) is 1.36. The number of aromatic amines is 1. The predicted molar refractivity (Wildman–Crippen MR) is 53.5 cm³/mol. The molecule has 2 N–H and O–H groups in total. The van der Waals surface area contributed by atoms with E-state index in [4.69, 9.17) is 4.74 Å². The average molecular weight is 233 g/mol. The molecule has 1 aromatic rings. The van der Waals surface area contributed by atoms with Gasteiger partial charge in [-0.05, 0) is 35.0 Å². The molecule has 0 saturated heterocycles. The first kappa shape index (κ1) is 9.61. The van der Waals surface area contributed by atoms with Crippen LogP contribution in [0, 0.1) is 0 Å². The summed E-state index contributed by atoms with van der Waals surface area (Å²) < 4.78 is 5.98. The highest BCUT2D eigenvalue weighted by Gasteiger charge is 2.01. The number of halogens is 1. The van der Waals surface area contributed by atoms with Crippen LogP contribution in [0.4, 0.5) is 5.82 Å². The van der Waals surface area contributed by atoms with Crippen LogP contribution in [0.25, 0.3) is 0 Å². The first-order chi connectivity index (χ1) is 5.72. The van der Waals surface area contributed by atoms with Crippen LogP contribution in [-0.2, 0) is 4.74 Å². The number of anilines is 1. The molecule has 0 amide bonds. The summed E-state index contributed by atoms with van der Waals surface area (Å²) in [6.07, 6.45) is 0. The number of nitrogens with one attached hydrogen (secondary N) is 2. The molecule has 0 radical (unpaired) electrons. The number of ether oxygens (including phenoxy) is 1. The SMILES string of the molecule is COCC(C)Nc1ccc(Br)[nH]1. The Labute approximate surface area is 80.6 Å². The lowest BCUT2D eigenvalue weighted by atomic mass is 10.3. The van der Waals surface area contributed by atoms with E-state index in [1.54, 1.807) is 7.11 Å². The monoisotopic (exact) mass is 232 g/mol. The molecule has 68 valence electrons. The molecular weight excluding hydrogens is 220 g/mol. The molecule has 0 fully saturated rings. The van der Waals surface area contributed by atoms with Crippen LogP contribution in [-0.4, -0.2) is 24.7 Å². The van der Waals surface area contributed by atoms with Crippen LogP contribution in [0.2, 0.25) is 0 Å². The van der Waals surface area contributed by atoms with Crippen molar-refractivity contribution in [2.75, 3.05) is 19.0 Å². The number of H-pyrrole nitrogens is 1. The number of rotatable bonds is 4. The summed E-state index contributed by atoms with van der Waals surface area (Å²) in [5, 5.41) is 3.25. The van der Waals surface area contributed by atoms with Gasteiger partial charge in [0.05, 0.1) is 11.2 Å². The molecule has 0 aliphatic rings. The Bertz CT molecular complexity index is 237. The Kier molecular flexibility index (Phi) is 3.62. The molecule has 0 aliphatic carbocycles. The lowest BCUT2D eigenvalue weighted by Crippen LogP contribution is -2.20. The Morgan fingerprint density at radius 3 is 2.92 bits per heavy atom. The number of methoxy groups -OCH3 is 1. The largest absolute Gasteiger partial charge is 0.383 e. The van der Waals surface area contributed by atoms with Gasteiger partial charge in [-0.15, -0.1) is 0 Å². The average Bonchev–Trinajstić information content (AvgIpc) is 2.36. The molecule has 1 aromatic heterocycles. The van der Waals surface area contributed by atoms with Crippen LogP contribution in [0.5, 0.6) is 0 Å². The zero-order valence-corrected chi connectivity index (χ0v) is 8.81. The molecule has 4 heteroatoms. The van der Waals surface area contributed by atoms with Gasteiger partial charge in [0.15, 0.2) is 0 Å². The summed E-state index contributed by atoms with van der Waals surface area (Å²) in [6, 6.07) is 4.26. The molecule has 0 saturated carbocycles. The fraction of sp³-hybridized carbons (Fsp3) is 0.500. The van der Waals surface area contributed by atoms with Crippen molar-refractivity contribution in [1.82, 2.24) is 4.98 Å². The van der Waals surface area contributed by atoms with E-state index in [0.29, 0.717) is 12.6 Å². The second-order valence-corrected chi connectivity index (χ2v) is 3.58. The zero-order chi connectivity index (χ0) is 8.97. The molecule has 0 bridgehead atoms. The highest BCUT2D eigenvalue weighted by atomic mass is 79.9. The van der Waals surface area contributed by atoms with Gasteiger partial charge in [0, 0.05) is 13.2 Å². The quantitative estimate of drug-likeness (QED) is 0.836. The van der Waals surface area contributed by atoms with Crippen molar-refractivity contribution in [3.05, 3.63) is 16.7 Å². The van der Waals surface area contributed by atoms with E-state index in [0.717, 1.165) is 10.4 Å². The van der Waals surface area contributed by atoms with E-state index >= 15 is 0 Å². The summed E-state index contributed by atoms with van der Waals surface area (Å²) in [6.45, 7) is 2.77. The van der Waals surface area contributed by atoms with Gasteiger partial charge >= 0.3 is 0 Å². The maximum absolute atomic E-state index is 4.99. The van der Waals surface area contributed by atoms with Crippen molar-refractivity contribution in [3.8, 4) is 0 Å². The molecule has 0 aliphatic heterocycles. The highest BCUT2D eigenvalue weighted by molar-refractivity contribution is 9.10. The summed E-state index contributed by atoms with van der Waals surface area (Å²) >= 11 is 3.33. The third-order valence-corrected chi connectivity index (χ3v) is 1.93. The van der Waals surface area contributed by atoms with Gasteiger partial charge in [-0.25, -0.2) is 0 Å². The molecule has 1 heterocycles. The predicted octanol–water partition coefficient (Wildman–Crippen LogP) is 2.22. The minimum atomic E-state index is 0.320. The van der Waals surface area contributed by atoms with E-state index in [1.807, 2.05) is 12.1 Å². The smallest absolute Gasteiger partial charge is 0.104 e. The van der Waals surface area contributed by atoms with Crippen molar-refractivity contribution >= 4 is 21.7 Å². The topological polar surface area (TPSA) is 37.0 Å². The summed E-state index contributed by atoms with van der Waals surface area (Å²) in [7, 11) is 1.70. The first-order valence-corrected chi connectivity index (χ1v) is 4.61. The minimum Gasteiger partial charge on any atom is -0.383 e. The molecule has 0 spiro atoms. The summed E-state index contributed by atoms with van der Waals surface area (Å²) in [4.78, 5) is 3.12. The van der Waals surface area contributed by atoms with Crippen LogP contribution in [0.15, 0.2) is 16.7 Å². The third kappa shape index (κ3) is 2.87. The maximum atomic E-state index is 4.99. The van der Waals surface area contributed by atoms with Gasteiger partial charge < -0.3 is 15.0 Å². The van der Waals surface area contributed by atoms with E-state index in [1.165, 1.54) is 0 Å². The molecule has 3 nitrogen and oxygen atoms in total. The molecule has 1 atom stereocenters. The van der Waals surface area contributed by atoms with Gasteiger partial charge in [0.25, 0.3) is 0 Å². The minimum absolute atomic E-state index is 0.320. The second-order valence-electron chi connectivity index (χ2n) is 2.72. The normalized spacial score (nSPS) is 12.9. The number of aromatic nitrogens is 1. The fourth-order valence-electron chi connectivity index (χ4n) is 1.01. The van der Waals surface area contributed by atoms with E-state index in [-0.39, 0.29) is 0 Å². The van der Waals surface area contributed by atoms with E-state index < -0.39 is 0 Å². The first-order valence-electron chi connectivity index (χ1n) is 3.82. The lowest BCUT2D eigenvalue weighted by Gasteiger charge is -2.11. The Morgan fingerprint density at radius 1 is 1.67 bits per heavy atom. The van der Waals surface area contributed by atoms with Crippen LogP contribution in [0.1, 0.15) is 6.92 Å². The van der Waals surface area contributed by atoms with Crippen molar-refractivity contribution in [2.45, 2.75) is 13.0 Å². The molecular formula is C8H13BrN2O. The third-order valence-electron chi connectivity index (χ3n) is 1.47. The van der Waals surface area contributed by atoms with Crippen LogP contribution in [0.3, 0.4) is 0 Å². The Morgan fingerprint density at radius 2 is 2.42 bits per heavy atom. The maximum Gasteiger partial charge on any atom is 0.104 e. The van der Waals surface area contributed by atoms with Gasteiger partial charge in [0.2, 0.25) is 0 Å². The summed E-state index contributed by atoms with van der Waals surface area (Å²) in [5.41, 5.74) is 0. The Hall–Kier alpha value is -0.480. The molecule has 1 rings (SSSR count). The van der Waals surface area contributed by atoms with Gasteiger partial charge in [-0.1, -0.05) is 0 Å². The number of hydrogen-bond donors (Lipinski definition) is 2. The highest BCUT2D eigenvalue weighted by Crippen LogP contribution is 2.13. The van der Waals surface area contributed by atoms with Crippen molar-refractivity contribution in [1.29, 1.82) is 0 Å². The van der Waals surface area contributed by atoms with Crippen LogP contribution < -0.4 is 5.32 Å². The molecule has 0 aromatic carbocycles. The van der Waals surface area contributed by atoms with Gasteiger partial charge in [0.1, 0.15) is 5.82 Å². The standard InChI is InChI=1S/C8H13BrN2O/c1-6(5-12-2)10-8-4-3-7(9)11-8/h3-4,6,10-11H,5H2,1-2H3. The van der Waals surface area contributed by atoms with Crippen molar-refractivity contribution in [3.63, 3.8) is 0 Å². The van der Waals surface area contributed by atoms with Gasteiger partial charge in [-0.2, -0.15) is 0 Å². The van der Waals surface area contributed by atoms with Crippen molar-refractivity contribution < 1.29 is 4.74 Å². The summed E-state index contributed by atoms with van der Waals surface area (Å²) in [5.74, 6) is 1.01. The molecule has 12 heavy (non-hydrogen) atoms. The Balaban J connectivity index is 2.41. The van der Waals surface area contributed by atoms with E-state index in [2.05, 4.69) is 33.2 Å². The lowest BCUT2D eigenvalue weighted by molar-refractivity contribution is 0.190. The molecule has 1 unspecified atom stereocenters. The zero-order valence-electron chi connectivity index (χ0n) is 7.23. The van der Waals surface area contributed by atoms with Crippen LogP contribution >= 0.6 is 15.9 Å². The van der Waals surface area contributed by atoms with Crippen molar-refractivity contribution in [2.24, 2.45) is 0 Å². The van der Waals surface area contributed by atoms with E-state index in [9.17, 15) is 0 Å².